The van der Waals surface area contributed by atoms with Crippen LogP contribution in [-0.2, 0) is 0 Å². The first-order valence-electron chi connectivity index (χ1n) is 3.82. The van der Waals surface area contributed by atoms with Gasteiger partial charge in [-0.1, -0.05) is 6.92 Å². The number of halogens is 2. The van der Waals surface area contributed by atoms with Crippen LogP contribution < -0.4 is 4.74 Å². The van der Waals surface area contributed by atoms with Gasteiger partial charge < -0.3 is 4.74 Å². The maximum Gasteiger partial charge on any atom is 0.134 e. The Hall–Kier alpha value is 0.230. The maximum atomic E-state index is 5.52. The summed E-state index contributed by atoms with van der Waals surface area (Å²) in [6.45, 7) is 2.88. The minimum atomic E-state index is 0.776. The predicted molar refractivity (Wildman–Crippen MR) is 62.6 cm³/mol. The Balaban J connectivity index is 2.75. The number of benzene rings is 1. The first-order chi connectivity index (χ1) is 5.74. The van der Waals surface area contributed by atoms with Gasteiger partial charge in [0.25, 0.3) is 0 Å². The highest BCUT2D eigenvalue weighted by atomic mass is 127. The van der Waals surface area contributed by atoms with Gasteiger partial charge >= 0.3 is 0 Å². The third-order valence-corrected chi connectivity index (χ3v) is 2.68. The van der Waals surface area contributed by atoms with Crippen LogP contribution >= 0.6 is 38.5 Å². The second kappa shape index (κ2) is 5.07. The van der Waals surface area contributed by atoms with Crippen LogP contribution in [0.4, 0.5) is 0 Å². The molecule has 0 aromatic heterocycles. The quantitative estimate of drug-likeness (QED) is 0.759. The number of ether oxygens (including phenoxy) is 1. The zero-order chi connectivity index (χ0) is 8.97. The third kappa shape index (κ3) is 2.94. The smallest absolute Gasteiger partial charge is 0.134 e. The number of hydrogen-bond acceptors (Lipinski definition) is 1. The Morgan fingerprint density at radius 1 is 1.50 bits per heavy atom. The molecule has 0 N–H and O–H groups in total. The van der Waals surface area contributed by atoms with Gasteiger partial charge in [0, 0.05) is 3.57 Å². The Labute approximate surface area is 94.8 Å². The average molecular weight is 341 g/mol. The summed E-state index contributed by atoms with van der Waals surface area (Å²) >= 11 is 5.71. The molecule has 0 radical (unpaired) electrons. The molecule has 0 atom stereocenters. The summed E-state index contributed by atoms with van der Waals surface area (Å²) in [4.78, 5) is 0. The largest absolute Gasteiger partial charge is 0.492 e. The van der Waals surface area contributed by atoms with E-state index in [1.165, 1.54) is 3.57 Å². The van der Waals surface area contributed by atoms with Gasteiger partial charge in [-0.15, -0.1) is 0 Å². The van der Waals surface area contributed by atoms with Crippen molar-refractivity contribution >= 4 is 38.5 Å². The zero-order valence-electron chi connectivity index (χ0n) is 6.81. The Kier molecular flexibility index (Phi) is 4.35. The van der Waals surface area contributed by atoms with Crippen LogP contribution in [0.15, 0.2) is 22.7 Å². The lowest BCUT2D eigenvalue weighted by atomic mass is 10.3. The van der Waals surface area contributed by atoms with Crippen LogP contribution in [0, 0.1) is 3.57 Å². The molecule has 0 bridgehead atoms. The van der Waals surface area contributed by atoms with E-state index in [9.17, 15) is 0 Å². The van der Waals surface area contributed by atoms with Crippen LogP contribution in [-0.4, -0.2) is 6.61 Å². The van der Waals surface area contributed by atoms with Crippen LogP contribution in [0.5, 0.6) is 5.75 Å². The molecule has 0 aliphatic rings. The van der Waals surface area contributed by atoms with E-state index in [4.69, 9.17) is 4.74 Å². The molecule has 0 spiro atoms. The van der Waals surface area contributed by atoms with E-state index in [1.54, 1.807) is 0 Å². The lowest BCUT2D eigenvalue weighted by Gasteiger charge is -2.06. The molecule has 0 saturated carbocycles. The Morgan fingerprint density at radius 3 is 2.92 bits per heavy atom. The van der Waals surface area contributed by atoms with Gasteiger partial charge in [0.15, 0.2) is 0 Å². The van der Waals surface area contributed by atoms with Gasteiger partial charge in [-0.25, -0.2) is 0 Å². The highest BCUT2D eigenvalue weighted by Crippen LogP contribution is 2.26. The van der Waals surface area contributed by atoms with Crippen molar-refractivity contribution in [3.05, 3.63) is 26.2 Å². The van der Waals surface area contributed by atoms with Crippen molar-refractivity contribution < 1.29 is 4.74 Å². The number of rotatable bonds is 3. The highest BCUT2D eigenvalue weighted by molar-refractivity contribution is 14.1. The summed E-state index contributed by atoms with van der Waals surface area (Å²) < 4.78 is 7.74. The van der Waals surface area contributed by atoms with Gasteiger partial charge in [0.2, 0.25) is 0 Å². The van der Waals surface area contributed by atoms with E-state index in [0.717, 1.165) is 23.2 Å². The molecule has 3 heteroatoms. The van der Waals surface area contributed by atoms with Crippen molar-refractivity contribution in [2.75, 3.05) is 6.61 Å². The fourth-order valence-electron chi connectivity index (χ4n) is 0.800. The monoisotopic (exact) mass is 340 g/mol. The van der Waals surface area contributed by atoms with Crippen LogP contribution in [0.2, 0.25) is 0 Å². The van der Waals surface area contributed by atoms with E-state index in [2.05, 4.69) is 45.4 Å². The summed E-state index contributed by atoms with van der Waals surface area (Å²) in [5.41, 5.74) is 0. The lowest BCUT2D eigenvalue weighted by molar-refractivity contribution is 0.315. The summed E-state index contributed by atoms with van der Waals surface area (Å²) in [5.74, 6) is 0.934. The molecule has 0 aliphatic heterocycles. The average Bonchev–Trinajstić information content (AvgIpc) is 2.07. The minimum absolute atomic E-state index is 0.776. The van der Waals surface area contributed by atoms with Crippen molar-refractivity contribution in [1.29, 1.82) is 0 Å². The third-order valence-electron chi connectivity index (χ3n) is 1.35. The van der Waals surface area contributed by atoms with Gasteiger partial charge in [-0.05, 0) is 63.1 Å². The molecular formula is C9H10BrIO. The number of hydrogen-bond donors (Lipinski definition) is 0. The second-order valence-electron chi connectivity index (χ2n) is 2.42. The summed E-state index contributed by atoms with van der Waals surface area (Å²) in [6, 6.07) is 6.08. The van der Waals surface area contributed by atoms with Crippen LogP contribution in [0.1, 0.15) is 13.3 Å². The lowest BCUT2D eigenvalue weighted by Crippen LogP contribution is -1.95. The van der Waals surface area contributed by atoms with E-state index >= 15 is 0 Å². The minimum Gasteiger partial charge on any atom is -0.492 e. The SMILES string of the molecule is CCCOc1cc(I)ccc1Br. The highest BCUT2D eigenvalue weighted by Gasteiger charge is 2.00. The molecule has 1 rings (SSSR count). The van der Waals surface area contributed by atoms with E-state index in [1.807, 2.05) is 18.2 Å². The Morgan fingerprint density at radius 2 is 2.25 bits per heavy atom. The van der Waals surface area contributed by atoms with E-state index in [0.29, 0.717) is 0 Å². The molecule has 0 fully saturated rings. The molecule has 1 nitrogen and oxygen atoms in total. The van der Waals surface area contributed by atoms with Crippen molar-refractivity contribution in [1.82, 2.24) is 0 Å². The predicted octanol–water partition coefficient (Wildman–Crippen LogP) is 3.84. The summed E-state index contributed by atoms with van der Waals surface area (Å²) in [5, 5.41) is 0. The molecule has 66 valence electrons. The first-order valence-corrected chi connectivity index (χ1v) is 5.69. The second-order valence-corrected chi connectivity index (χ2v) is 4.52. The first kappa shape index (κ1) is 10.3. The topological polar surface area (TPSA) is 9.23 Å². The molecule has 0 saturated heterocycles. The normalized spacial score (nSPS) is 9.92. The molecule has 1 aromatic rings. The maximum absolute atomic E-state index is 5.52. The van der Waals surface area contributed by atoms with Gasteiger partial charge in [0.1, 0.15) is 5.75 Å². The van der Waals surface area contributed by atoms with Gasteiger partial charge in [-0.2, -0.15) is 0 Å². The van der Waals surface area contributed by atoms with Gasteiger partial charge in [0.05, 0.1) is 11.1 Å². The molecule has 0 amide bonds. The van der Waals surface area contributed by atoms with Gasteiger partial charge in [-0.3, -0.25) is 0 Å². The van der Waals surface area contributed by atoms with Crippen molar-refractivity contribution in [2.24, 2.45) is 0 Å². The summed E-state index contributed by atoms with van der Waals surface area (Å²) in [6.07, 6.45) is 1.04. The standard InChI is InChI=1S/C9H10BrIO/c1-2-5-12-9-6-7(11)3-4-8(9)10/h3-4,6H,2,5H2,1H3. The molecule has 0 unspecified atom stereocenters. The van der Waals surface area contributed by atoms with Crippen molar-refractivity contribution in [3.8, 4) is 5.75 Å². The molecule has 12 heavy (non-hydrogen) atoms. The molecular weight excluding hydrogens is 331 g/mol. The fourth-order valence-corrected chi connectivity index (χ4v) is 1.62. The summed E-state index contributed by atoms with van der Waals surface area (Å²) in [7, 11) is 0. The van der Waals surface area contributed by atoms with Crippen LogP contribution in [0.25, 0.3) is 0 Å². The van der Waals surface area contributed by atoms with Crippen molar-refractivity contribution in [3.63, 3.8) is 0 Å². The fraction of sp³-hybridized carbons (Fsp3) is 0.333. The molecule has 0 heterocycles. The van der Waals surface area contributed by atoms with E-state index in [-0.39, 0.29) is 0 Å². The molecule has 0 aliphatic carbocycles. The van der Waals surface area contributed by atoms with Crippen molar-refractivity contribution in [2.45, 2.75) is 13.3 Å². The van der Waals surface area contributed by atoms with E-state index < -0.39 is 0 Å². The van der Waals surface area contributed by atoms with Crippen LogP contribution in [0.3, 0.4) is 0 Å². The molecule has 1 aromatic carbocycles. The Bertz CT molecular complexity index is 263. The zero-order valence-corrected chi connectivity index (χ0v) is 10.6.